The molecule has 0 fully saturated rings. The molecule has 2 amide bonds. The highest BCUT2D eigenvalue weighted by atomic mass is 127. The van der Waals surface area contributed by atoms with E-state index in [4.69, 9.17) is 4.84 Å². The number of hydroxylamine groups is 2. The maximum absolute atomic E-state index is 13.0. The molecule has 1 heterocycles. The predicted octanol–water partition coefficient (Wildman–Crippen LogP) is 5.58. The summed E-state index contributed by atoms with van der Waals surface area (Å²) in [5.74, 6) is -2.00. The summed E-state index contributed by atoms with van der Waals surface area (Å²) in [6, 6.07) is 12.6. The molecule has 3 aromatic rings. The van der Waals surface area contributed by atoms with Crippen molar-refractivity contribution < 1.29 is 19.2 Å². The van der Waals surface area contributed by atoms with Gasteiger partial charge >= 0.3 is 5.97 Å². The lowest BCUT2D eigenvalue weighted by Gasteiger charge is -2.26. The van der Waals surface area contributed by atoms with Crippen LogP contribution in [0.4, 0.5) is 0 Å². The van der Waals surface area contributed by atoms with E-state index in [1.165, 1.54) is 0 Å². The van der Waals surface area contributed by atoms with E-state index in [-0.39, 0.29) is 0 Å². The summed E-state index contributed by atoms with van der Waals surface area (Å²) >= 11 is 6.22. The molecule has 4 rings (SSSR count). The van der Waals surface area contributed by atoms with Crippen molar-refractivity contribution in [2.45, 2.75) is 13.3 Å². The van der Waals surface area contributed by atoms with Crippen LogP contribution in [0.25, 0.3) is 10.8 Å². The third kappa shape index (κ3) is 3.46. The van der Waals surface area contributed by atoms with Crippen molar-refractivity contribution in [2.75, 3.05) is 0 Å². The van der Waals surface area contributed by atoms with Crippen LogP contribution in [0.3, 0.4) is 0 Å². The molecule has 0 saturated heterocycles. The van der Waals surface area contributed by atoms with Gasteiger partial charge in [-0.2, -0.15) is 0 Å². The minimum absolute atomic E-state index is 0.337. The first kappa shape index (κ1) is 21.0. The van der Waals surface area contributed by atoms with Crippen LogP contribution < -0.4 is 0 Å². The maximum atomic E-state index is 13.0. The van der Waals surface area contributed by atoms with Gasteiger partial charge in [-0.25, -0.2) is 4.79 Å². The Morgan fingerprint density at radius 2 is 1.59 bits per heavy atom. The minimum Gasteiger partial charge on any atom is -0.324 e. The monoisotopic (exact) mass is 723 g/mol. The first-order chi connectivity index (χ1) is 13.8. The minimum atomic E-state index is -0.736. The topological polar surface area (TPSA) is 63.7 Å². The fraction of sp³-hybridized carbons (Fsp3) is 0.0952. The normalized spacial score (nSPS) is 13.2. The average molecular weight is 723 g/mol. The Morgan fingerprint density at radius 1 is 0.931 bits per heavy atom. The second kappa shape index (κ2) is 8.10. The van der Waals surface area contributed by atoms with Gasteiger partial charge in [-0.15, -0.1) is 0 Å². The second-order valence-corrected chi connectivity index (χ2v) is 9.76. The van der Waals surface area contributed by atoms with Gasteiger partial charge in [-0.1, -0.05) is 30.2 Å². The van der Waals surface area contributed by atoms with E-state index < -0.39 is 17.8 Å². The van der Waals surface area contributed by atoms with E-state index in [1.807, 2.05) is 47.7 Å². The lowest BCUT2D eigenvalue weighted by atomic mass is 9.91. The van der Waals surface area contributed by atoms with E-state index in [9.17, 15) is 14.4 Å². The lowest BCUT2D eigenvalue weighted by Crippen LogP contribution is -2.42. The fourth-order valence-corrected chi connectivity index (χ4v) is 5.69. The van der Waals surface area contributed by atoms with Crippen molar-refractivity contribution in [3.8, 4) is 0 Å². The lowest BCUT2D eigenvalue weighted by molar-refractivity contribution is -0.0622. The summed E-state index contributed by atoms with van der Waals surface area (Å²) in [6.45, 7) is 2.02. The van der Waals surface area contributed by atoms with Gasteiger partial charge in [0.05, 0.1) is 16.7 Å². The van der Waals surface area contributed by atoms with Crippen molar-refractivity contribution >= 4 is 96.3 Å². The Morgan fingerprint density at radius 3 is 2.28 bits per heavy atom. The SMILES string of the molecule is CCc1ccc2c3c(cccc13)C(=O)N(OC(=O)c1c(I)ccc(I)c1I)C2=O. The van der Waals surface area contributed by atoms with Gasteiger partial charge in [0.25, 0.3) is 11.8 Å². The van der Waals surface area contributed by atoms with Crippen molar-refractivity contribution in [3.63, 3.8) is 0 Å². The van der Waals surface area contributed by atoms with Crippen LogP contribution in [-0.2, 0) is 11.3 Å². The number of nitrogens with zero attached hydrogens (tertiary/aromatic N) is 1. The molecule has 5 nitrogen and oxygen atoms in total. The molecule has 0 atom stereocenters. The number of imide groups is 1. The van der Waals surface area contributed by atoms with Gasteiger partial charge in [-0.3, -0.25) is 9.59 Å². The number of halogens is 3. The largest absolute Gasteiger partial charge is 0.366 e. The molecule has 0 N–H and O–H groups in total. The molecule has 1 aliphatic rings. The molecule has 3 aromatic carbocycles. The van der Waals surface area contributed by atoms with E-state index >= 15 is 0 Å². The molecule has 0 saturated carbocycles. The number of carbonyl (C=O) groups is 3. The second-order valence-electron chi connectivity index (χ2n) is 6.36. The van der Waals surface area contributed by atoms with Gasteiger partial charge < -0.3 is 4.84 Å². The Labute approximate surface area is 207 Å². The number of carbonyl (C=O) groups excluding carboxylic acids is 3. The molecule has 0 bridgehead atoms. The number of benzene rings is 3. The van der Waals surface area contributed by atoms with Gasteiger partial charge in [0.15, 0.2) is 0 Å². The fourth-order valence-electron chi connectivity index (χ4n) is 3.37. The van der Waals surface area contributed by atoms with Gasteiger partial charge in [0.2, 0.25) is 0 Å². The molecule has 0 aliphatic carbocycles. The summed E-state index contributed by atoms with van der Waals surface area (Å²) < 4.78 is 2.28. The number of hydrogen-bond acceptors (Lipinski definition) is 4. The maximum Gasteiger partial charge on any atom is 0.366 e. The van der Waals surface area contributed by atoms with Gasteiger partial charge in [0.1, 0.15) is 0 Å². The molecular weight excluding hydrogens is 711 g/mol. The van der Waals surface area contributed by atoms with Gasteiger partial charge in [-0.05, 0) is 109 Å². The highest BCUT2D eigenvalue weighted by Gasteiger charge is 2.37. The van der Waals surface area contributed by atoms with Crippen LogP contribution in [0.1, 0.15) is 43.6 Å². The van der Waals surface area contributed by atoms with Crippen molar-refractivity contribution in [2.24, 2.45) is 0 Å². The quantitative estimate of drug-likeness (QED) is 0.201. The Balaban J connectivity index is 1.78. The zero-order valence-electron chi connectivity index (χ0n) is 15.0. The Kier molecular flexibility index (Phi) is 5.86. The third-order valence-electron chi connectivity index (χ3n) is 4.76. The molecule has 146 valence electrons. The van der Waals surface area contributed by atoms with Crippen LogP contribution >= 0.6 is 67.8 Å². The van der Waals surface area contributed by atoms with Crippen LogP contribution in [0.2, 0.25) is 0 Å². The van der Waals surface area contributed by atoms with E-state index in [0.29, 0.717) is 34.3 Å². The number of hydrogen-bond donors (Lipinski definition) is 0. The molecule has 29 heavy (non-hydrogen) atoms. The van der Waals surface area contributed by atoms with Crippen LogP contribution in [0.15, 0.2) is 42.5 Å². The van der Waals surface area contributed by atoms with Gasteiger partial charge in [0, 0.05) is 16.1 Å². The predicted molar refractivity (Wildman–Crippen MR) is 134 cm³/mol. The zero-order valence-corrected chi connectivity index (χ0v) is 21.4. The van der Waals surface area contributed by atoms with Crippen LogP contribution in [0.5, 0.6) is 0 Å². The Bertz CT molecular complexity index is 1200. The molecule has 8 heteroatoms. The first-order valence-electron chi connectivity index (χ1n) is 8.64. The number of rotatable bonds is 3. The van der Waals surface area contributed by atoms with E-state index in [0.717, 1.165) is 20.9 Å². The van der Waals surface area contributed by atoms with E-state index in [1.54, 1.807) is 24.3 Å². The molecule has 1 aliphatic heterocycles. The first-order valence-corrected chi connectivity index (χ1v) is 11.9. The standard InChI is InChI=1S/C21H12I3NO4/c1-2-10-6-7-13-16-11(10)4-3-5-12(16)19(26)25(20(13)27)29-21(28)17-14(22)8-9-15(23)18(17)24/h3-9H,2H2,1H3. The molecular formula is C21H12I3NO4. The number of amides is 2. The summed E-state index contributed by atoms with van der Waals surface area (Å²) in [4.78, 5) is 44.3. The van der Waals surface area contributed by atoms with E-state index in [2.05, 4.69) is 45.2 Å². The summed E-state index contributed by atoms with van der Waals surface area (Å²) in [5, 5.41) is 2.07. The summed E-state index contributed by atoms with van der Waals surface area (Å²) in [7, 11) is 0. The smallest absolute Gasteiger partial charge is 0.324 e. The van der Waals surface area contributed by atoms with Crippen LogP contribution in [-0.4, -0.2) is 22.8 Å². The molecule has 0 spiro atoms. The third-order valence-corrected chi connectivity index (χ3v) is 8.71. The van der Waals surface area contributed by atoms with Crippen molar-refractivity contribution in [1.29, 1.82) is 0 Å². The Hall–Kier alpha value is -1.28. The van der Waals surface area contributed by atoms with Crippen molar-refractivity contribution in [3.05, 3.63) is 75.4 Å². The average Bonchev–Trinajstić information content (AvgIpc) is 2.72. The molecule has 0 unspecified atom stereocenters. The summed E-state index contributed by atoms with van der Waals surface area (Å²) in [5.41, 5.74) is 2.10. The zero-order chi connectivity index (χ0) is 20.9. The van der Waals surface area contributed by atoms with Crippen LogP contribution in [0, 0.1) is 10.7 Å². The summed E-state index contributed by atoms with van der Waals surface area (Å²) in [6.07, 6.45) is 0.783. The highest BCUT2D eigenvalue weighted by Crippen LogP contribution is 2.33. The van der Waals surface area contributed by atoms with Crippen molar-refractivity contribution in [1.82, 2.24) is 5.06 Å². The molecule has 0 aromatic heterocycles. The molecule has 0 radical (unpaired) electrons. The highest BCUT2D eigenvalue weighted by molar-refractivity contribution is 14.1. The number of aryl methyl sites for hydroxylation is 1.